The van der Waals surface area contributed by atoms with Crippen molar-refractivity contribution in [3.8, 4) is 0 Å². The highest BCUT2D eigenvalue weighted by atomic mass is 32.1. The van der Waals surface area contributed by atoms with Gasteiger partial charge in [0.1, 0.15) is 17.0 Å². The fourth-order valence-corrected chi connectivity index (χ4v) is 4.07. The molecule has 1 aliphatic rings. The molecule has 10 heteroatoms. The van der Waals surface area contributed by atoms with Crippen LogP contribution in [0.4, 0.5) is 4.79 Å². The first kappa shape index (κ1) is 24.3. The zero-order valence-electron chi connectivity index (χ0n) is 19.0. The van der Waals surface area contributed by atoms with Gasteiger partial charge in [-0.2, -0.15) is 5.10 Å². The molecule has 1 aliphatic carbocycles. The van der Waals surface area contributed by atoms with Gasteiger partial charge in [0, 0.05) is 38.0 Å². The summed E-state index contributed by atoms with van der Waals surface area (Å²) in [6, 6.07) is 0. The standard InChI is InChI=1S/C20H35N5O4S/c1-8-14-23-24-16(30)25(14)11-10-21-15(26)20(22-17(27)29-18(3,4)5)12-13(28-9-2)19(20,6)7/h13H,8-12H2,1-7H3,(H,21,26)(H,22,27)(H,24,30)/t13-,20-/m1/s1. The van der Waals surface area contributed by atoms with Gasteiger partial charge >= 0.3 is 6.09 Å². The summed E-state index contributed by atoms with van der Waals surface area (Å²) >= 11 is 5.26. The zero-order valence-corrected chi connectivity index (χ0v) is 19.9. The van der Waals surface area contributed by atoms with E-state index in [0.29, 0.717) is 30.9 Å². The first-order valence-corrected chi connectivity index (χ1v) is 10.8. The van der Waals surface area contributed by atoms with Crippen molar-refractivity contribution in [2.45, 2.75) is 85.1 Å². The molecule has 0 radical (unpaired) electrons. The molecular weight excluding hydrogens is 406 g/mol. The number of ether oxygens (including phenoxy) is 2. The molecule has 1 fully saturated rings. The molecule has 0 aromatic carbocycles. The number of rotatable bonds is 8. The minimum absolute atomic E-state index is 0.141. The molecule has 0 bridgehead atoms. The van der Waals surface area contributed by atoms with Gasteiger partial charge in [-0.05, 0) is 39.9 Å². The van der Waals surface area contributed by atoms with Gasteiger partial charge in [0.2, 0.25) is 5.91 Å². The molecule has 1 aromatic rings. The van der Waals surface area contributed by atoms with Gasteiger partial charge in [-0.3, -0.25) is 9.89 Å². The SMILES string of the molecule is CCO[C@@H]1C[C@@](NC(=O)OC(C)(C)C)(C(=O)NCCn2c(CC)n[nH]c2=S)C1(C)C. The second-order valence-corrected chi connectivity index (χ2v) is 9.49. The maximum absolute atomic E-state index is 13.3. The number of H-pyrrole nitrogens is 1. The highest BCUT2D eigenvalue weighted by Gasteiger charge is 2.66. The van der Waals surface area contributed by atoms with Crippen LogP contribution in [0.5, 0.6) is 0 Å². The van der Waals surface area contributed by atoms with Gasteiger partial charge < -0.3 is 24.7 Å². The number of nitrogens with one attached hydrogen (secondary N) is 3. The number of nitrogens with zero attached hydrogens (tertiary/aromatic N) is 2. The van der Waals surface area contributed by atoms with Crippen LogP contribution >= 0.6 is 12.2 Å². The van der Waals surface area contributed by atoms with Gasteiger partial charge in [-0.1, -0.05) is 20.8 Å². The summed E-state index contributed by atoms with van der Waals surface area (Å²) < 4.78 is 13.6. The maximum Gasteiger partial charge on any atom is 0.408 e. The molecule has 2 amide bonds. The summed E-state index contributed by atoms with van der Waals surface area (Å²) in [6.45, 7) is 14.5. The Balaban J connectivity index is 2.14. The number of hydrogen-bond donors (Lipinski definition) is 3. The summed E-state index contributed by atoms with van der Waals surface area (Å²) in [4.78, 5) is 25.8. The van der Waals surface area contributed by atoms with E-state index in [1.807, 2.05) is 32.3 Å². The van der Waals surface area contributed by atoms with Gasteiger partial charge in [0.25, 0.3) is 0 Å². The molecule has 1 aromatic heterocycles. The van der Waals surface area contributed by atoms with E-state index in [9.17, 15) is 9.59 Å². The minimum Gasteiger partial charge on any atom is -0.444 e. The van der Waals surface area contributed by atoms with E-state index in [1.54, 1.807) is 20.8 Å². The van der Waals surface area contributed by atoms with E-state index in [-0.39, 0.29) is 12.0 Å². The Labute approximate surface area is 183 Å². The fourth-order valence-electron chi connectivity index (χ4n) is 3.82. The third kappa shape index (κ3) is 4.85. The molecular formula is C20H35N5O4S. The van der Waals surface area contributed by atoms with E-state index in [2.05, 4.69) is 20.8 Å². The predicted octanol–water partition coefficient (Wildman–Crippen LogP) is 2.72. The Morgan fingerprint density at radius 2 is 2.00 bits per heavy atom. The average molecular weight is 442 g/mol. The zero-order chi connectivity index (χ0) is 22.7. The molecule has 0 aliphatic heterocycles. The van der Waals surface area contributed by atoms with Crippen molar-refractivity contribution in [3.05, 3.63) is 10.6 Å². The smallest absolute Gasteiger partial charge is 0.408 e. The van der Waals surface area contributed by atoms with Crippen LogP contribution in [-0.4, -0.2) is 57.2 Å². The van der Waals surface area contributed by atoms with E-state index in [1.165, 1.54) is 0 Å². The van der Waals surface area contributed by atoms with Crippen molar-refractivity contribution >= 4 is 24.2 Å². The fraction of sp³-hybridized carbons (Fsp3) is 0.800. The molecule has 2 rings (SSSR count). The Morgan fingerprint density at radius 3 is 2.53 bits per heavy atom. The van der Waals surface area contributed by atoms with E-state index < -0.39 is 22.6 Å². The van der Waals surface area contributed by atoms with Crippen molar-refractivity contribution in [1.29, 1.82) is 0 Å². The number of aromatic amines is 1. The second-order valence-electron chi connectivity index (χ2n) is 9.11. The van der Waals surface area contributed by atoms with E-state index in [0.717, 1.165) is 12.2 Å². The summed E-state index contributed by atoms with van der Waals surface area (Å²) in [7, 11) is 0. The lowest BCUT2D eigenvalue weighted by Crippen LogP contribution is -2.78. The lowest BCUT2D eigenvalue weighted by atomic mass is 9.53. The van der Waals surface area contributed by atoms with Crippen LogP contribution < -0.4 is 10.6 Å². The first-order chi connectivity index (χ1) is 13.9. The summed E-state index contributed by atoms with van der Waals surface area (Å²) in [5, 5.41) is 12.7. The number of aromatic nitrogens is 3. The van der Waals surface area contributed by atoms with Gasteiger partial charge in [-0.15, -0.1) is 0 Å². The van der Waals surface area contributed by atoms with Crippen LogP contribution in [0.15, 0.2) is 0 Å². The molecule has 170 valence electrons. The normalized spacial score (nSPS) is 22.8. The van der Waals surface area contributed by atoms with Gasteiger partial charge in [0.05, 0.1) is 6.10 Å². The molecule has 1 saturated carbocycles. The minimum atomic E-state index is -1.12. The third-order valence-electron chi connectivity index (χ3n) is 5.64. The Kier molecular flexibility index (Phi) is 7.34. The number of carbonyl (C=O) groups is 2. The number of hydrogen-bond acceptors (Lipinski definition) is 6. The largest absolute Gasteiger partial charge is 0.444 e. The molecule has 9 nitrogen and oxygen atoms in total. The van der Waals surface area contributed by atoms with Crippen LogP contribution in [0.1, 0.15) is 60.7 Å². The Hall–Kier alpha value is -1.94. The van der Waals surface area contributed by atoms with Crippen molar-refractivity contribution in [2.24, 2.45) is 5.41 Å². The number of alkyl carbamates (subject to hydrolysis) is 1. The van der Waals surface area contributed by atoms with Crippen molar-refractivity contribution in [1.82, 2.24) is 25.4 Å². The lowest BCUT2D eigenvalue weighted by Gasteiger charge is -2.59. The Bertz CT molecular complexity index is 826. The van der Waals surface area contributed by atoms with Crippen molar-refractivity contribution in [2.75, 3.05) is 13.2 Å². The number of aryl methyl sites for hydroxylation is 1. The number of carbonyl (C=O) groups excluding carboxylic acids is 2. The van der Waals surface area contributed by atoms with Crippen molar-refractivity contribution in [3.63, 3.8) is 0 Å². The topological polar surface area (TPSA) is 110 Å². The van der Waals surface area contributed by atoms with Crippen LogP contribution in [0.3, 0.4) is 0 Å². The van der Waals surface area contributed by atoms with Crippen LogP contribution in [0.2, 0.25) is 0 Å². The van der Waals surface area contributed by atoms with E-state index in [4.69, 9.17) is 21.7 Å². The van der Waals surface area contributed by atoms with Gasteiger partial charge in [-0.25, -0.2) is 4.79 Å². The molecule has 3 N–H and O–H groups in total. The van der Waals surface area contributed by atoms with Crippen molar-refractivity contribution < 1.29 is 19.1 Å². The van der Waals surface area contributed by atoms with E-state index >= 15 is 0 Å². The molecule has 30 heavy (non-hydrogen) atoms. The average Bonchev–Trinajstić information content (AvgIpc) is 2.98. The number of amides is 2. The Morgan fingerprint density at radius 1 is 1.33 bits per heavy atom. The highest BCUT2D eigenvalue weighted by molar-refractivity contribution is 7.71. The third-order valence-corrected chi connectivity index (χ3v) is 5.95. The molecule has 0 spiro atoms. The summed E-state index contributed by atoms with van der Waals surface area (Å²) in [6.07, 6.45) is 0.349. The molecule has 2 atom stereocenters. The first-order valence-electron chi connectivity index (χ1n) is 10.4. The molecule has 0 unspecified atom stereocenters. The maximum atomic E-state index is 13.3. The van der Waals surface area contributed by atoms with Crippen LogP contribution in [0.25, 0.3) is 0 Å². The lowest BCUT2D eigenvalue weighted by molar-refractivity contribution is -0.178. The molecule has 0 saturated heterocycles. The van der Waals surface area contributed by atoms with Crippen LogP contribution in [-0.2, 0) is 27.2 Å². The van der Waals surface area contributed by atoms with Gasteiger partial charge in [0.15, 0.2) is 4.77 Å². The summed E-state index contributed by atoms with van der Waals surface area (Å²) in [5.41, 5.74) is -2.39. The molecule has 1 heterocycles. The second kappa shape index (κ2) is 9.05. The highest BCUT2D eigenvalue weighted by Crippen LogP contribution is 2.51. The quantitative estimate of drug-likeness (QED) is 0.535. The summed E-state index contributed by atoms with van der Waals surface area (Å²) in [5.74, 6) is 0.568. The monoisotopic (exact) mass is 441 g/mol. The predicted molar refractivity (Wildman–Crippen MR) is 116 cm³/mol. The van der Waals surface area contributed by atoms with Crippen LogP contribution in [0, 0.1) is 10.2 Å².